The molecule has 110 valence electrons. The lowest BCUT2D eigenvalue weighted by Gasteiger charge is -2.07. The second kappa shape index (κ2) is 7.31. The molecule has 0 unspecified atom stereocenters. The minimum atomic E-state index is -0.449. The number of carbonyl (C=O) groups is 1. The fraction of sp³-hybridized carbons (Fsp3) is 0.188. The van der Waals surface area contributed by atoms with E-state index in [0.717, 1.165) is 5.56 Å². The number of benzene rings is 2. The van der Waals surface area contributed by atoms with E-state index in [9.17, 15) is 4.79 Å². The van der Waals surface area contributed by atoms with Gasteiger partial charge in [-0.15, -0.1) is 0 Å². The summed E-state index contributed by atoms with van der Waals surface area (Å²) < 4.78 is 10.4. The molecule has 0 aliphatic heterocycles. The highest BCUT2D eigenvalue weighted by Gasteiger charge is 2.07. The first-order valence-electron chi connectivity index (χ1n) is 6.48. The Bertz CT molecular complexity index is 575. The lowest BCUT2D eigenvalue weighted by atomic mass is 10.2. The molecule has 0 bridgehead atoms. The van der Waals surface area contributed by atoms with Crippen molar-refractivity contribution in [2.24, 2.45) is 0 Å². The van der Waals surface area contributed by atoms with Gasteiger partial charge >= 0.3 is 5.97 Å². The van der Waals surface area contributed by atoms with Crippen LogP contribution in [-0.4, -0.2) is 29.4 Å². The zero-order valence-corrected chi connectivity index (χ0v) is 11.4. The van der Waals surface area contributed by atoms with E-state index in [-0.39, 0.29) is 25.6 Å². The first-order chi connectivity index (χ1) is 10.2. The highest BCUT2D eigenvalue weighted by atomic mass is 16.5. The number of aromatic hydroxyl groups is 1. The average molecular weight is 288 g/mol. The SMILES string of the molecule is O=C(OCc1ccc(OCCO)cc1)c1ccc(O)cc1. The fourth-order valence-corrected chi connectivity index (χ4v) is 1.68. The smallest absolute Gasteiger partial charge is 0.338 e. The van der Waals surface area contributed by atoms with Crippen LogP contribution < -0.4 is 4.74 Å². The van der Waals surface area contributed by atoms with Crippen molar-refractivity contribution in [1.29, 1.82) is 0 Å². The van der Waals surface area contributed by atoms with Crippen LogP contribution >= 0.6 is 0 Å². The van der Waals surface area contributed by atoms with E-state index >= 15 is 0 Å². The van der Waals surface area contributed by atoms with Gasteiger partial charge in [-0.1, -0.05) is 12.1 Å². The summed E-state index contributed by atoms with van der Waals surface area (Å²) in [6, 6.07) is 13.0. The summed E-state index contributed by atoms with van der Waals surface area (Å²) in [6.07, 6.45) is 0. The Hall–Kier alpha value is -2.53. The molecule has 2 aromatic carbocycles. The third-order valence-corrected chi connectivity index (χ3v) is 2.76. The Kier molecular flexibility index (Phi) is 5.17. The van der Waals surface area contributed by atoms with Crippen molar-refractivity contribution >= 4 is 5.97 Å². The zero-order valence-electron chi connectivity index (χ0n) is 11.4. The molecule has 0 heterocycles. The van der Waals surface area contributed by atoms with Gasteiger partial charge in [-0.05, 0) is 42.0 Å². The molecular weight excluding hydrogens is 272 g/mol. The van der Waals surface area contributed by atoms with E-state index in [1.54, 1.807) is 24.3 Å². The van der Waals surface area contributed by atoms with E-state index in [4.69, 9.17) is 19.7 Å². The highest BCUT2D eigenvalue weighted by molar-refractivity contribution is 5.89. The molecule has 5 nitrogen and oxygen atoms in total. The number of rotatable bonds is 6. The Balaban J connectivity index is 1.87. The van der Waals surface area contributed by atoms with Gasteiger partial charge in [-0.2, -0.15) is 0 Å². The van der Waals surface area contributed by atoms with E-state index < -0.39 is 5.97 Å². The molecule has 0 fully saturated rings. The van der Waals surface area contributed by atoms with Crippen molar-refractivity contribution in [2.75, 3.05) is 13.2 Å². The maximum absolute atomic E-state index is 11.8. The predicted octanol–water partition coefficient (Wildman–Crippen LogP) is 2.12. The molecule has 0 aliphatic rings. The van der Waals surface area contributed by atoms with Crippen LogP contribution in [0.5, 0.6) is 11.5 Å². The number of phenols is 1. The Morgan fingerprint density at radius 1 is 1.00 bits per heavy atom. The minimum Gasteiger partial charge on any atom is -0.508 e. The molecule has 0 saturated heterocycles. The Morgan fingerprint density at radius 2 is 1.67 bits per heavy atom. The maximum Gasteiger partial charge on any atom is 0.338 e. The monoisotopic (exact) mass is 288 g/mol. The molecule has 21 heavy (non-hydrogen) atoms. The quantitative estimate of drug-likeness (QED) is 0.796. The third-order valence-electron chi connectivity index (χ3n) is 2.76. The Labute approximate surface area is 122 Å². The van der Waals surface area contributed by atoms with Crippen molar-refractivity contribution in [3.63, 3.8) is 0 Å². The van der Waals surface area contributed by atoms with Crippen LogP contribution in [0.15, 0.2) is 48.5 Å². The number of hydrogen-bond acceptors (Lipinski definition) is 5. The zero-order chi connectivity index (χ0) is 15.1. The van der Waals surface area contributed by atoms with Crippen molar-refractivity contribution in [3.05, 3.63) is 59.7 Å². The van der Waals surface area contributed by atoms with Crippen LogP contribution in [0, 0.1) is 0 Å². The summed E-state index contributed by atoms with van der Waals surface area (Å²) in [7, 11) is 0. The van der Waals surface area contributed by atoms with E-state index in [1.807, 2.05) is 0 Å². The molecule has 0 spiro atoms. The normalized spacial score (nSPS) is 10.1. The standard InChI is InChI=1S/C16H16O5/c17-9-10-20-15-7-1-12(2-8-15)11-21-16(19)13-3-5-14(18)6-4-13/h1-8,17-18H,9-11H2. The number of hydrogen-bond donors (Lipinski definition) is 2. The predicted molar refractivity (Wildman–Crippen MR) is 76.2 cm³/mol. The molecule has 2 rings (SSSR count). The van der Waals surface area contributed by atoms with Crippen LogP contribution in [0.3, 0.4) is 0 Å². The van der Waals surface area contributed by atoms with Crippen LogP contribution in [0.4, 0.5) is 0 Å². The van der Waals surface area contributed by atoms with Gasteiger partial charge in [0.05, 0.1) is 12.2 Å². The van der Waals surface area contributed by atoms with Gasteiger partial charge in [-0.25, -0.2) is 4.79 Å². The number of aliphatic hydroxyl groups is 1. The van der Waals surface area contributed by atoms with Crippen molar-refractivity contribution in [1.82, 2.24) is 0 Å². The topological polar surface area (TPSA) is 76.0 Å². The summed E-state index contributed by atoms with van der Waals surface area (Å²) in [4.78, 5) is 11.8. The summed E-state index contributed by atoms with van der Waals surface area (Å²) in [5.41, 5.74) is 1.22. The molecule has 0 aromatic heterocycles. The van der Waals surface area contributed by atoms with Gasteiger partial charge < -0.3 is 19.7 Å². The number of carbonyl (C=O) groups excluding carboxylic acids is 1. The van der Waals surface area contributed by atoms with Crippen molar-refractivity contribution < 1.29 is 24.5 Å². The van der Waals surface area contributed by atoms with E-state index in [1.165, 1.54) is 24.3 Å². The fourth-order valence-electron chi connectivity index (χ4n) is 1.68. The van der Waals surface area contributed by atoms with Gasteiger partial charge in [0.25, 0.3) is 0 Å². The van der Waals surface area contributed by atoms with Gasteiger partial charge in [0, 0.05) is 0 Å². The summed E-state index contributed by atoms with van der Waals surface area (Å²) in [5.74, 6) is 0.304. The van der Waals surface area contributed by atoms with Gasteiger partial charge in [0.1, 0.15) is 24.7 Å². The molecule has 2 N–H and O–H groups in total. The van der Waals surface area contributed by atoms with Crippen molar-refractivity contribution in [3.8, 4) is 11.5 Å². The summed E-state index contributed by atoms with van der Waals surface area (Å²) in [6.45, 7) is 0.362. The number of aliphatic hydroxyl groups excluding tert-OH is 1. The van der Waals surface area contributed by atoms with Gasteiger partial charge in [0.15, 0.2) is 0 Å². The van der Waals surface area contributed by atoms with Gasteiger partial charge in [0.2, 0.25) is 0 Å². The second-order valence-corrected chi connectivity index (χ2v) is 4.34. The van der Waals surface area contributed by atoms with Crippen molar-refractivity contribution in [2.45, 2.75) is 6.61 Å². The summed E-state index contributed by atoms with van der Waals surface area (Å²) >= 11 is 0. The first kappa shape index (κ1) is 14.9. The van der Waals surface area contributed by atoms with Crippen LogP contribution in [0.1, 0.15) is 15.9 Å². The largest absolute Gasteiger partial charge is 0.508 e. The first-order valence-corrected chi connectivity index (χ1v) is 6.48. The molecule has 0 amide bonds. The third kappa shape index (κ3) is 4.50. The average Bonchev–Trinajstić information content (AvgIpc) is 2.52. The Morgan fingerprint density at radius 3 is 2.29 bits per heavy atom. The lowest BCUT2D eigenvalue weighted by Crippen LogP contribution is -2.05. The number of ether oxygens (including phenoxy) is 2. The van der Waals surface area contributed by atoms with E-state index in [2.05, 4.69) is 0 Å². The maximum atomic E-state index is 11.8. The molecule has 5 heteroatoms. The van der Waals surface area contributed by atoms with Crippen LogP contribution in [0.25, 0.3) is 0 Å². The molecular formula is C16H16O5. The molecule has 0 aliphatic carbocycles. The lowest BCUT2D eigenvalue weighted by molar-refractivity contribution is 0.0472. The summed E-state index contributed by atoms with van der Waals surface area (Å²) in [5, 5.41) is 17.8. The second-order valence-electron chi connectivity index (χ2n) is 4.34. The number of phenolic OH excluding ortho intramolecular Hbond substituents is 1. The molecule has 0 saturated carbocycles. The molecule has 0 atom stereocenters. The van der Waals surface area contributed by atoms with Crippen LogP contribution in [0.2, 0.25) is 0 Å². The number of esters is 1. The molecule has 0 radical (unpaired) electrons. The highest BCUT2D eigenvalue weighted by Crippen LogP contribution is 2.14. The molecule has 2 aromatic rings. The van der Waals surface area contributed by atoms with Crippen LogP contribution in [-0.2, 0) is 11.3 Å². The van der Waals surface area contributed by atoms with E-state index in [0.29, 0.717) is 11.3 Å². The van der Waals surface area contributed by atoms with Gasteiger partial charge in [-0.3, -0.25) is 0 Å². The minimum absolute atomic E-state index is 0.0357.